The fourth-order valence-electron chi connectivity index (χ4n) is 2.81. The number of nitrogens with one attached hydrogen (secondary N) is 1. The molecule has 0 radical (unpaired) electrons. The summed E-state index contributed by atoms with van der Waals surface area (Å²) in [5.74, 6) is 0.701. The summed E-state index contributed by atoms with van der Waals surface area (Å²) in [6.07, 6.45) is 4.51. The van der Waals surface area contributed by atoms with E-state index in [1.54, 1.807) is 35.1 Å². The fraction of sp³-hybridized carbons (Fsp3) is 0.261. The third-order valence-electron chi connectivity index (χ3n) is 4.43. The molecule has 0 spiro atoms. The number of methoxy groups -OCH3 is 1. The van der Waals surface area contributed by atoms with Gasteiger partial charge in [-0.3, -0.25) is 4.79 Å². The van der Waals surface area contributed by atoms with E-state index in [0.29, 0.717) is 17.2 Å². The molecule has 7 nitrogen and oxygen atoms in total. The number of halogens is 2. The van der Waals surface area contributed by atoms with Crippen molar-refractivity contribution in [2.75, 3.05) is 12.4 Å². The van der Waals surface area contributed by atoms with E-state index in [-0.39, 0.29) is 16.9 Å². The Morgan fingerprint density at radius 3 is 2.56 bits per heavy atom. The highest BCUT2D eigenvalue weighted by atomic mass is 19.3. The van der Waals surface area contributed by atoms with Gasteiger partial charge in [0.05, 0.1) is 12.8 Å². The quantitative estimate of drug-likeness (QED) is 0.531. The van der Waals surface area contributed by atoms with Gasteiger partial charge in [0.15, 0.2) is 17.3 Å². The summed E-state index contributed by atoms with van der Waals surface area (Å²) < 4.78 is 36.0. The van der Waals surface area contributed by atoms with Crippen LogP contribution >= 0.6 is 0 Å². The fourth-order valence-corrected chi connectivity index (χ4v) is 2.81. The molecule has 168 valence electrons. The number of benzene rings is 1. The van der Waals surface area contributed by atoms with Gasteiger partial charge in [0, 0.05) is 23.8 Å². The van der Waals surface area contributed by atoms with Gasteiger partial charge in [-0.25, -0.2) is 4.98 Å². The van der Waals surface area contributed by atoms with E-state index in [1.807, 2.05) is 26.8 Å². The largest absolute Gasteiger partial charge is 0.493 e. The number of ether oxygens (including phenoxy) is 2. The molecule has 0 saturated carbocycles. The standard InChI is InChI=1S/C23H24F2N4O3/c1-23(2,3)18-14-20(29(28-18)19-7-5-6-12-26-19)27-21(30)11-9-15-8-10-16(32-22(24)25)17(13-15)31-4/h5-14,22H,1-4H3,(H,27,30)/b11-9+. The summed E-state index contributed by atoms with van der Waals surface area (Å²) in [7, 11) is 1.35. The number of carbonyl (C=O) groups is 1. The molecule has 3 aromatic rings. The molecule has 0 atom stereocenters. The van der Waals surface area contributed by atoms with Gasteiger partial charge < -0.3 is 14.8 Å². The van der Waals surface area contributed by atoms with Crippen LogP contribution in [0.1, 0.15) is 32.0 Å². The topological polar surface area (TPSA) is 78.3 Å². The molecule has 9 heteroatoms. The van der Waals surface area contributed by atoms with Crippen molar-refractivity contribution in [3.63, 3.8) is 0 Å². The molecule has 0 saturated heterocycles. The lowest BCUT2D eigenvalue weighted by Gasteiger charge is -2.13. The zero-order valence-corrected chi connectivity index (χ0v) is 18.2. The highest BCUT2D eigenvalue weighted by Gasteiger charge is 2.21. The minimum atomic E-state index is -2.96. The molecule has 0 bridgehead atoms. The summed E-state index contributed by atoms with van der Waals surface area (Å²) in [6.45, 7) is 3.12. The minimum Gasteiger partial charge on any atom is -0.493 e. The van der Waals surface area contributed by atoms with Crippen LogP contribution in [0.15, 0.2) is 54.7 Å². The summed E-state index contributed by atoms with van der Waals surface area (Å²) in [4.78, 5) is 16.9. The highest BCUT2D eigenvalue weighted by molar-refractivity contribution is 6.01. The average Bonchev–Trinajstić information content (AvgIpc) is 3.17. The van der Waals surface area contributed by atoms with Crippen LogP contribution in [0.5, 0.6) is 11.5 Å². The summed E-state index contributed by atoms with van der Waals surface area (Å²) >= 11 is 0. The molecule has 2 heterocycles. The number of carbonyl (C=O) groups excluding carboxylic acids is 1. The van der Waals surface area contributed by atoms with Crippen molar-refractivity contribution in [2.45, 2.75) is 32.8 Å². The van der Waals surface area contributed by atoms with E-state index in [1.165, 1.54) is 31.4 Å². The second-order valence-electron chi connectivity index (χ2n) is 7.88. The first kappa shape index (κ1) is 22.9. The lowest BCUT2D eigenvalue weighted by molar-refractivity contribution is -0.111. The number of nitrogens with zero attached hydrogens (tertiary/aromatic N) is 3. The molecule has 1 aromatic carbocycles. The number of aromatic nitrogens is 3. The van der Waals surface area contributed by atoms with Crippen molar-refractivity contribution in [3.05, 3.63) is 66.0 Å². The monoisotopic (exact) mass is 442 g/mol. The first-order valence-electron chi connectivity index (χ1n) is 9.81. The molecule has 32 heavy (non-hydrogen) atoms. The Balaban J connectivity index is 1.82. The normalized spacial score (nSPS) is 11.7. The maximum atomic E-state index is 12.6. The number of hydrogen-bond donors (Lipinski definition) is 1. The van der Waals surface area contributed by atoms with Crippen LogP contribution in [-0.4, -0.2) is 34.4 Å². The van der Waals surface area contributed by atoms with E-state index < -0.39 is 12.5 Å². The Kier molecular flexibility index (Phi) is 6.87. The Hall–Kier alpha value is -3.75. The maximum absolute atomic E-state index is 12.6. The second kappa shape index (κ2) is 9.59. The number of rotatable bonds is 7. The number of alkyl halides is 2. The number of pyridine rings is 1. The van der Waals surface area contributed by atoms with Gasteiger partial charge in [0.25, 0.3) is 0 Å². The van der Waals surface area contributed by atoms with Gasteiger partial charge in [0.2, 0.25) is 5.91 Å². The minimum absolute atomic E-state index is 0.0851. The summed E-state index contributed by atoms with van der Waals surface area (Å²) in [5.41, 5.74) is 1.14. The van der Waals surface area contributed by atoms with Crippen molar-refractivity contribution in [2.24, 2.45) is 0 Å². The number of amides is 1. The molecule has 1 N–H and O–H groups in total. The summed E-state index contributed by atoms with van der Waals surface area (Å²) in [5, 5.41) is 7.42. The smallest absolute Gasteiger partial charge is 0.387 e. The van der Waals surface area contributed by atoms with Gasteiger partial charge in [-0.05, 0) is 35.9 Å². The SMILES string of the molecule is COc1cc(/C=C/C(=O)Nc2cc(C(C)(C)C)nn2-c2ccccn2)ccc1OC(F)F. The number of anilines is 1. The van der Waals surface area contributed by atoms with Gasteiger partial charge in [-0.1, -0.05) is 32.9 Å². The predicted octanol–water partition coefficient (Wildman–Crippen LogP) is 4.83. The number of hydrogen-bond acceptors (Lipinski definition) is 5. The zero-order chi connectivity index (χ0) is 23.3. The molecule has 0 aliphatic heterocycles. The molecule has 2 aromatic heterocycles. The molecular weight excluding hydrogens is 418 g/mol. The van der Waals surface area contributed by atoms with Crippen LogP contribution in [0.25, 0.3) is 11.9 Å². The van der Waals surface area contributed by atoms with Gasteiger partial charge >= 0.3 is 6.61 Å². The van der Waals surface area contributed by atoms with Crippen LogP contribution in [-0.2, 0) is 10.2 Å². The average molecular weight is 442 g/mol. The van der Waals surface area contributed by atoms with Crippen molar-refractivity contribution >= 4 is 17.8 Å². The van der Waals surface area contributed by atoms with Crippen molar-refractivity contribution < 1.29 is 23.0 Å². The van der Waals surface area contributed by atoms with E-state index >= 15 is 0 Å². The maximum Gasteiger partial charge on any atom is 0.387 e. The van der Waals surface area contributed by atoms with E-state index in [9.17, 15) is 13.6 Å². The first-order chi connectivity index (χ1) is 15.2. The van der Waals surface area contributed by atoms with Gasteiger partial charge in [-0.15, -0.1) is 0 Å². The Labute approximate surface area is 184 Å². The van der Waals surface area contributed by atoms with E-state index in [2.05, 4.69) is 20.1 Å². The van der Waals surface area contributed by atoms with Crippen molar-refractivity contribution in [3.8, 4) is 17.3 Å². The Morgan fingerprint density at radius 1 is 1.16 bits per heavy atom. The predicted molar refractivity (Wildman–Crippen MR) is 117 cm³/mol. The van der Waals surface area contributed by atoms with E-state index in [0.717, 1.165) is 5.69 Å². The molecule has 0 aliphatic rings. The van der Waals surface area contributed by atoms with Crippen molar-refractivity contribution in [1.29, 1.82) is 0 Å². The third-order valence-corrected chi connectivity index (χ3v) is 4.43. The molecule has 0 aliphatic carbocycles. The Bertz CT molecular complexity index is 1110. The molecule has 1 amide bonds. The zero-order valence-electron chi connectivity index (χ0n) is 18.2. The second-order valence-corrected chi connectivity index (χ2v) is 7.88. The van der Waals surface area contributed by atoms with E-state index in [4.69, 9.17) is 4.74 Å². The van der Waals surface area contributed by atoms with Crippen LogP contribution in [0.4, 0.5) is 14.6 Å². The highest BCUT2D eigenvalue weighted by Crippen LogP contribution is 2.30. The van der Waals surface area contributed by atoms with Crippen LogP contribution in [0.2, 0.25) is 0 Å². The third kappa shape index (κ3) is 5.69. The van der Waals surface area contributed by atoms with Crippen LogP contribution < -0.4 is 14.8 Å². The van der Waals surface area contributed by atoms with Crippen LogP contribution in [0.3, 0.4) is 0 Å². The molecular formula is C23H24F2N4O3. The lowest BCUT2D eigenvalue weighted by atomic mass is 9.92. The summed E-state index contributed by atoms with van der Waals surface area (Å²) in [6, 6.07) is 11.6. The van der Waals surface area contributed by atoms with Gasteiger partial charge in [0.1, 0.15) is 5.82 Å². The molecule has 0 fully saturated rings. The Morgan fingerprint density at radius 2 is 1.94 bits per heavy atom. The van der Waals surface area contributed by atoms with Gasteiger partial charge in [-0.2, -0.15) is 18.6 Å². The lowest BCUT2D eigenvalue weighted by Crippen LogP contribution is -2.13. The first-order valence-corrected chi connectivity index (χ1v) is 9.81. The van der Waals surface area contributed by atoms with Crippen LogP contribution in [0, 0.1) is 0 Å². The van der Waals surface area contributed by atoms with Crippen molar-refractivity contribution in [1.82, 2.24) is 14.8 Å². The molecule has 0 unspecified atom stereocenters. The molecule has 3 rings (SSSR count).